The van der Waals surface area contributed by atoms with Crippen molar-refractivity contribution in [1.29, 1.82) is 0 Å². The molecule has 9 heteroatoms. The van der Waals surface area contributed by atoms with E-state index in [1.165, 1.54) is 21.1 Å². The molecule has 1 aliphatic heterocycles. The Morgan fingerprint density at radius 1 is 1.12 bits per heavy atom. The summed E-state index contributed by atoms with van der Waals surface area (Å²) in [6.45, 7) is 3.14. The average molecular weight is 513 g/mol. The van der Waals surface area contributed by atoms with Crippen molar-refractivity contribution >= 4 is 63.3 Å². The summed E-state index contributed by atoms with van der Waals surface area (Å²) in [5.74, 6) is 0.227. The van der Waals surface area contributed by atoms with Crippen molar-refractivity contribution in [2.75, 3.05) is 11.9 Å². The monoisotopic (exact) mass is 512 g/mol. The topological polar surface area (TPSA) is 66.7 Å². The van der Waals surface area contributed by atoms with Crippen LogP contribution in [0.3, 0.4) is 0 Å². The van der Waals surface area contributed by atoms with Crippen LogP contribution >= 0.6 is 35.6 Å². The number of nitrogens with one attached hydrogen (secondary N) is 1. The van der Waals surface area contributed by atoms with Crippen LogP contribution in [-0.2, 0) is 11.3 Å². The first-order valence-electron chi connectivity index (χ1n) is 11.2. The summed E-state index contributed by atoms with van der Waals surface area (Å²) in [6, 6.07) is 12.8. The molecular weight excluding hydrogens is 488 g/mol. The average Bonchev–Trinajstić information content (AvgIpc) is 3.10. The van der Waals surface area contributed by atoms with E-state index in [-0.39, 0.29) is 18.0 Å². The number of thioether (sulfide) groups is 1. The maximum atomic E-state index is 13.3. The molecule has 6 nitrogen and oxygen atoms in total. The fraction of sp³-hybridized carbons (Fsp3) is 0.280. The van der Waals surface area contributed by atoms with Crippen LogP contribution in [0.15, 0.2) is 58.4 Å². The first-order chi connectivity index (χ1) is 16.5. The number of carbonyl (C=O) groups excluding carboxylic acids is 1. The second-order valence-corrected chi connectivity index (χ2v) is 10.0. The van der Waals surface area contributed by atoms with Crippen molar-refractivity contribution in [2.24, 2.45) is 0 Å². The molecule has 2 aromatic heterocycles. The maximum Gasteiger partial charge on any atom is 0.267 e. The molecule has 1 aromatic carbocycles. The standard InChI is InChI=1S/C25H25ClN4O2S2/c1-2-3-4-8-13-27-22-18(23(31)29-14-9-7-12-21(29)28-22)15-20-24(32)30(25(33)34-20)16-17-10-5-6-11-19(17)26/h5-7,9-12,14-15,27H,2-4,8,13,16H2,1H3. The molecule has 1 aliphatic rings. The maximum absolute atomic E-state index is 13.3. The van der Waals surface area contributed by atoms with Crippen molar-refractivity contribution in [2.45, 2.75) is 39.2 Å². The van der Waals surface area contributed by atoms with Gasteiger partial charge in [-0.1, -0.05) is 86.0 Å². The second kappa shape index (κ2) is 11.2. The molecule has 1 N–H and O–H groups in total. The zero-order valence-electron chi connectivity index (χ0n) is 18.8. The van der Waals surface area contributed by atoms with Gasteiger partial charge in [-0.15, -0.1) is 0 Å². The highest BCUT2D eigenvalue weighted by atomic mass is 35.5. The zero-order valence-corrected chi connectivity index (χ0v) is 21.2. The van der Waals surface area contributed by atoms with E-state index >= 15 is 0 Å². The fourth-order valence-corrected chi connectivity index (χ4v) is 5.12. The minimum absolute atomic E-state index is 0.238. The van der Waals surface area contributed by atoms with Gasteiger partial charge in [0.05, 0.1) is 17.0 Å². The summed E-state index contributed by atoms with van der Waals surface area (Å²) in [7, 11) is 0. The molecule has 1 amide bonds. The third-order valence-electron chi connectivity index (χ3n) is 5.53. The van der Waals surface area contributed by atoms with Gasteiger partial charge in [0.25, 0.3) is 11.5 Å². The number of unbranched alkanes of at least 4 members (excludes halogenated alkanes) is 3. The van der Waals surface area contributed by atoms with Crippen LogP contribution in [0.5, 0.6) is 0 Å². The molecule has 0 saturated carbocycles. The molecule has 34 heavy (non-hydrogen) atoms. The molecule has 0 bridgehead atoms. The number of anilines is 1. The van der Waals surface area contributed by atoms with Gasteiger partial charge in [0.2, 0.25) is 0 Å². The molecule has 0 aliphatic carbocycles. The Hall–Kier alpha value is -2.68. The lowest BCUT2D eigenvalue weighted by Gasteiger charge is -2.15. The molecular formula is C25H25ClN4O2S2. The number of benzene rings is 1. The van der Waals surface area contributed by atoms with E-state index in [0.29, 0.717) is 37.8 Å². The molecule has 176 valence electrons. The zero-order chi connectivity index (χ0) is 24.1. The molecule has 3 heterocycles. The quantitative estimate of drug-likeness (QED) is 0.224. The molecule has 0 spiro atoms. The van der Waals surface area contributed by atoms with Gasteiger partial charge in [-0.3, -0.25) is 18.9 Å². The van der Waals surface area contributed by atoms with Crippen molar-refractivity contribution in [3.05, 3.63) is 80.1 Å². The number of aromatic nitrogens is 2. The Balaban J connectivity index is 1.66. The van der Waals surface area contributed by atoms with Crippen LogP contribution in [0, 0.1) is 0 Å². The number of halogens is 1. The number of hydrogen-bond acceptors (Lipinski definition) is 6. The van der Waals surface area contributed by atoms with Crippen LogP contribution in [0.1, 0.15) is 43.7 Å². The molecule has 1 saturated heterocycles. The van der Waals surface area contributed by atoms with E-state index in [1.807, 2.05) is 24.3 Å². The van der Waals surface area contributed by atoms with Gasteiger partial charge in [-0.25, -0.2) is 4.98 Å². The van der Waals surface area contributed by atoms with E-state index in [9.17, 15) is 9.59 Å². The van der Waals surface area contributed by atoms with Gasteiger partial charge >= 0.3 is 0 Å². The van der Waals surface area contributed by atoms with Gasteiger partial charge in [0.1, 0.15) is 15.8 Å². The minimum Gasteiger partial charge on any atom is -0.369 e. The number of fused-ring (bicyclic) bond motifs is 1. The van der Waals surface area contributed by atoms with Crippen LogP contribution in [0.25, 0.3) is 11.7 Å². The summed E-state index contributed by atoms with van der Waals surface area (Å²) in [5, 5.41) is 3.89. The van der Waals surface area contributed by atoms with E-state index in [0.717, 1.165) is 31.2 Å². The smallest absolute Gasteiger partial charge is 0.267 e. The lowest BCUT2D eigenvalue weighted by Crippen LogP contribution is -2.27. The molecule has 0 radical (unpaired) electrons. The predicted octanol–water partition coefficient (Wildman–Crippen LogP) is 5.74. The molecule has 4 rings (SSSR count). The van der Waals surface area contributed by atoms with Gasteiger partial charge in [-0.05, 0) is 36.3 Å². The third kappa shape index (κ3) is 5.35. The largest absolute Gasteiger partial charge is 0.369 e. The predicted molar refractivity (Wildman–Crippen MR) is 144 cm³/mol. The van der Waals surface area contributed by atoms with Crippen LogP contribution in [-0.4, -0.2) is 31.1 Å². The Labute approximate surface area is 213 Å². The van der Waals surface area contributed by atoms with Crippen molar-refractivity contribution in [3.8, 4) is 0 Å². The van der Waals surface area contributed by atoms with Crippen molar-refractivity contribution in [3.63, 3.8) is 0 Å². The SMILES string of the molecule is CCCCCCNc1nc2ccccn2c(=O)c1C=C1SC(=S)N(Cc2ccccc2Cl)C1=O. The number of nitrogens with zero attached hydrogens (tertiary/aromatic N) is 3. The second-order valence-electron chi connectivity index (χ2n) is 7.95. The van der Waals surface area contributed by atoms with Crippen molar-refractivity contribution in [1.82, 2.24) is 14.3 Å². The summed E-state index contributed by atoms with van der Waals surface area (Å²) >= 11 is 12.9. The highest BCUT2D eigenvalue weighted by molar-refractivity contribution is 8.26. The van der Waals surface area contributed by atoms with Gasteiger partial charge in [0, 0.05) is 17.8 Å². The van der Waals surface area contributed by atoms with Gasteiger partial charge in [-0.2, -0.15) is 0 Å². The highest BCUT2D eigenvalue weighted by Crippen LogP contribution is 2.34. The number of thiocarbonyl (C=S) groups is 1. The molecule has 0 unspecified atom stereocenters. The summed E-state index contributed by atoms with van der Waals surface area (Å²) in [5.41, 5.74) is 1.46. The van der Waals surface area contributed by atoms with Crippen LogP contribution in [0.4, 0.5) is 5.82 Å². The van der Waals surface area contributed by atoms with Gasteiger partial charge in [0.15, 0.2) is 0 Å². The Bertz CT molecular complexity index is 1320. The number of pyridine rings is 1. The van der Waals surface area contributed by atoms with Gasteiger partial charge < -0.3 is 5.32 Å². The van der Waals surface area contributed by atoms with E-state index in [4.69, 9.17) is 23.8 Å². The summed E-state index contributed by atoms with van der Waals surface area (Å²) in [4.78, 5) is 33.1. The Morgan fingerprint density at radius 2 is 1.91 bits per heavy atom. The van der Waals surface area contributed by atoms with E-state index in [2.05, 4.69) is 17.2 Å². The van der Waals surface area contributed by atoms with E-state index < -0.39 is 0 Å². The number of amides is 1. The minimum atomic E-state index is -0.249. The fourth-order valence-electron chi connectivity index (χ4n) is 3.69. The molecule has 1 fully saturated rings. The first kappa shape index (κ1) is 24.4. The lowest BCUT2D eigenvalue weighted by molar-refractivity contribution is -0.122. The third-order valence-corrected chi connectivity index (χ3v) is 7.27. The first-order valence-corrected chi connectivity index (χ1v) is 12.8. The normalized spacial score (nSPS) is 15.0. The number of rotatable bonds is 9. The number of carbonyl (C=O) groups is 1. The Kier molecular flexibility index (Phi) is 8.03. The lowest BCUT2D eigenvalue weighted by atomic mass is 10.2. The molecule has 3 aromatic rings. The highest BCUT2D eigenvalue weighted by Gasteiger charge is 2.33. The van der Waals surface area contributed by atoms with Crippen molar-refractivity contribution < 1.29 is 4.79 Å². The van der Waals surface area contributed by atoms with E-state index in [1.54, 1.807) is 30.5 Å². The molecule has 0 atom stereocenters. The summed E-state index contributed by atoms with van der Waals surface area (Å²) in [6.07, 6.45) is 7.67. The Morgan fingerprint density at radius 3 is 2.71 bits per heavy atom. The van der Waals surface area contributed by atoms with Crippen LogP contribution in [0.2, 0.25) is 5.02 Å². The number of hydrogen-bond donors (Lipinski definition) is 1. The van der Waals surface area contributed by atoms with Crippen LogP contribution < -0.4 is 10.9 Å². The summed E-state index contributed by atoms with van der Waals surface area (Å²) < 4.78 is 1.91.